The first-order valence-corrected chi connectivity index (χ1v) is 8.60. The Labute approximate surface area is 157 Å². The van der Waals surface area contributed by atoms with E-state index in [1.165, 1.54) is 0 Å². The van der Waals surface area contributed by atoms with E-state index in [4.69, 9.17) is 21.1 Å². The molecule has 0 aliphatic rings. The standard InChI is InChI=1S/C19H23ClN2O4/c1-11(21-18(24)19(2,3)4)17(23)26-10-13-8-12-6-7-14(25-5)9-15(12)22-16(13)20/h6-9,11H,10H2,1-5H3,(H,21,24). The highest BCUT2D eigenvalue weighted by molar-refractivity contribution is 6.30. The zero-order chi connectivity index (χ0) is 19.5. The summed E-state index contributed by atoms with van der Waals surface area (Å²) >= 11 is 6.19. The Morgan fingerprint density at radius 2 is 1.96 bits per heavy atom. The molecular weight excluding hydrogens is 356 g/mol. The first kappa shape index (κ1) is 20.0. The van der Waals surface area contributed by atoms with Crippen LogP contribution in [0.4, 0.5) is 0 Å². The zero-order valence-corrected chi connectivity index (χ0v) is 16.3. The average molecular weight is 379 g/mol. The number of carbonyl (C=O) groups is 2. The molecule has 0 fully saturated rings. The number of hydrogen-bond donors (Lipinski definition) is 1. The summed E-state index contributed by atoms with van der Waals surface area (Å²) < 4.78 is 10.4. The second kappa shape index (κ2) is 7.91. The number of carbonyl (C=O) groups excluding carboxylic acids is 2. The molecule has 140 valence electrons. The molecule has 1 unspecified atom stereocenters. The van der Waals surface area contributed by atoms with Gasteiger partial charge in [-0.3, -0.25) is 4.79 Å². The maximum absolute atomic E-state index is 12.1. The zero-order valence-electron chi connectivity index (χ0n) is 15.6. The van der Waals surface area contributed by atoms with E-state index in [-0.39, 0.29) is 17.7 Å². The van der Waals surface area contributed by atoms with Crippen LogP contribution >= 0.6 is 11.6 Å². The minimum Gasteiger partial charge on any atom is -0.497 e. The maximum atomic E-state index is 12.1. The Balaban J connectivity index is 2.05. The third-order valence-corrected chi connectivity index (χ3v) is 4.13. The topological polar surface area (TPSA) is 77.5 Å². The van der Waals surface area contributed by atoms with Crippen LogP contribution in [0.2, 0.25) is 5.15 Å². The lowest BCUT2D eigenvalue weighted by Gasteiger charge is -2.21. The van der Waals surface area contributed by atoms with Crippen molar-refractivity contribution in [1.82, 2.24) is 10.3 Å². The second-order valence-electron chi connectivity index (χ2n) is 7.05. The highest BCUT2D eigenvalue weighted by Gasteiger charge is 2.25. The molecule has 2 aromatic rings. The predicted molar refractivity (Wildman–Crippen MR) is 100 cm³/mol. The number of benzene rings is 1. The van der Waals surface area contributed by atoms with E-state index in [2.05, 4.69) is 10.3 Å². The van der Waals surface area contributed by atoms with E-state index in [0.717, 1.165) is 5.39 Å². The van der Waals surface area contributed by atoms with Gasteiger partial charge in [-0.15, -0.1) is 0 Å². The lowest BCUT2D eigenvalue weighted by Crippen LogP contribution is -2.44. The average Bonchev–Trinajstić information content (AvgIpc) is 2.58. The molecule has 0 radical (unpaired) electrons. The monoisotopic (exact) mass is 378 g/mol. The summed E-state index contributed by atoms with van der Waals surface area (Å²) in [5.74, 6) is -0.0709. The smallest absolute Gasteiger partial charge is 0.328 e. The molecule has 1 N–H and O–H groups in total. The quantitative estimate of drug-likeness (QED) is 0.636. The molecule has 2 rings (SSSR count). The molecule has 0 saturated carbocycles. The summed E-state index contributed by atoms with van der Waals surface area (Å²) in [4.78, 5) is 28.4. The number of ether oxygens (including phenoxy) is 2. The second-order valence-corrected chi connectivity index (χ2v) is 7.41. The number of rotatable bonds is 5. The van der Waals surface area contributed by atoms with Crippen molar-refractivity contribution >= 4 is 34.4 Å². The molecule has 7 heteroatoms. The van der Waals surface area contributed by atoms with Gasteiger partial charge in [0, 0.05) is 22.4 Å². The van der Waals surface area contributed by atoms with E-state index >= 15 is 0 Å². The fourth-order valence-electron chi connectivity index (χ4n) is 2.14. The molecule has 0 saturated heterocycles. The Bertz CT molecular complexity index is 830. The SMILES string of the molecule is COc1ccc2cc(COC(=O)C(C)NC(=O)C(C)(C)C)c(Cl)nc2c1. The van der Waals surface area contributed by atoms with Gasteiger partial charge in [-0.25, -0.2) is 9.78 Å². The summed E-state index contributed by atoms with van der Waals surface area (Å²) in [6.45, 7) is 6.88. The number of esters is 1. The molecular formula is C19H23ClN2O4. The van der Waals surface area contributed by atoms with E-state index in [1.54, 1.807) is 40.9 Å². The van der Waals surface area contributed by atoms with Crippen LogP contribution in [-0.4, -0.2) is 30.0 Å². The number of aromatic nitrogens is 1. The van der Waals surface area contributed by atoms with Crippen LogP contribution in [0.3, 0.4) is 0 Å². The molecule has 0 aliphatic heterocycles. The van der Waals surface area contributed by atoms with Gasteiger partial charge in [-0.05, 0) is 25.1 Å². The summed E-state index contributed by atoms with van der Waals surface area (Å²) in [7, 11) is 1.58. The number of halogens is 1. The molecule has 0 spiro atoms. The van der Waals surface area contributed by atoms with Crippen LogP contribution in [0.15, 0.2) is 24.3 Å². The van der Waals surface area contributed by atoms with Crippen molar-refractivity contribution in [2.75, 3.05) is 7.11 Å². The van der Waals surface area contributed by atoms with E-state index in [0.29, 0.717) is 16.8 Å². The Morgan fingerprint density at radius 3 is 2.58 bits per heavy atom. The fourth-order valence-corrected chi connectivity index (χ4v) is 2.34. The Kier molecular flexibility index (Phi) is 6.08. The highest BCUT2D eigenvalue weighted by atomic mass is 35.5. The van der Waals surface area contributed by atoms with Gasteiger partial charge in [0.05, 0.1) is 12.6 Å². The number of nitrogens with zero attached hydrogens (tertiary/aromatic N) is 1. The van der Waals surface area contributed by atoms with Gasteiger partial charge in [-0.2, -0.15) is 0 Å². The van der Waals surface area contributed by atoms with E-state index in [9.17, 15) is 9.59 Å². The van der Waals surface area contributed by atoms with Gasteiger partial charge in [0.25, 0.3) is 0 Å². The van der Waals surface area contributed by atoms with Gasteiger partial charge >= 0.3 is 5.97 Å². The molecule has 26 heavy (non-hydrogen) atoms. The summed E-state index contributed by atoms with van der Waals surface area (Å²) in [6.07, 6.45) is 0. The number of hydrogen-bond acceptors (Lipinski definition) is 5. The first-order valence-electron chi connectivity index (χ1n) is 8.22. The highest BCUT2D eigenvalue weighted by Crippen LogP contribution is 2.24. The van der Waals surface area contributed by atoms with Crippen LogP contribution in [0, 0.1) is 5.41 Å². The van der Waals surface area contributed by atoms with Crippen LogP contribution in [0.5, 0.6) is 5.75 Å². The van der Waals surface area contributed by atoms with Gasteiger partial charge in [0.2, 0.25) is 5.91 Å². The minimum atomic E-state index is -0.752. The number of pyridine rings is 1. The molecule has 1 amide bonds. The van der Waals surface area contributed by atoms with Gasteiger partial charge in [0.15, 0.2) is 0 Å². The molecule has 1 heterocycles. The van der Waals surface area contributed by atoms with Crippen molar-refractivity contribution < 1.29 is 19.1 Å². The van der Waals surface area contributed by atoms with Crippen molar-refractivity contribution in [2.24, 2.45) is 5.41 Å². The number of methoxy groups -OCH3 is 1. The summed E-state index contributed by atoms with van der Waals surface area (Å²) in [5, 5.41) is 3.75. The van der Waals surface area contributed by atoms with Gasteiger partial charge in [0.1, 0.15) is 23.6 Å². The summed E-state index contributed by atoms with van der Waals surface area (Å²) in [6, 6.07) is 6.52. The molecule has 0 aliphatic carbocycles. The number of amides is 1. The molecule has 6 nitrogen and oxygen atoms in total. The predicted octanol–water partition coefficient (Wildman–Crippen LogP) is 3.49. The third-order valence-electron chi connectivity index (χ3n) is 3.80. The van der Waals surface area contributed by atoms with Gasteiger partial charge in [-0.1, -0.05) is 32.4 Å². The lowest BCUT2D eigenvalue weighted by molar-refractivity contribution is -0.149. The largest absolute Gasteiger partial charge is 0.497 e. The van der Waals surface area contributed by atoms with Crippen LogP contribution in [0.25, 0.3) is 10.9 Å². The van der Waals surface area contributed by atoms with Crippen molar-refractivity contribution in [2.45, 2.75) is 40.3 Å². The van der Waals surface area contributed by atoms with Crippen molar-refractivity contribution in [3.8, 4) is 5.75 Å². The van der Waals surface area contributed by atoms with Crippen molar-refractivity contribution in [1.29, 1.82) is 0 Å². The lowest BCUT2D eigenvalue weighted by atomic mass is 9.95. The normalized spacial score (nSPS) is 12.5. The van der Waals surface area contributed by atoms with Crippen molar-refractivity contribution in [3.63, 3.8) is 0 Å². The van der Waals surface area contributed by atoms with Crippen LogP contribution < -0.4 is 10.1 Å². The van der Waals surface area contributed by atoms with Crippen LogP contribution in [0.1, 0.15) is 33.3 Å². The molecule has 1 aromatic heterocycles. The molecule has 0 bridgehead atoms. The number of nitrogens with one attached hydrogen (secondary N) is 1. The molecule has 1 aromatic carbocycles. The fraction of sp³-hybridized carbons (Fsp3) is 0.421. The van der Waals surface area contributed by atoms with Gasteiger partial charge < -0.3 is 14.8 Å². The number of fused-ring (bicyclic) bond motifs is 1. The third kappa shape index (κ3) is 4.85. The minimum absolute atomic E-state index is 0.0254. The Hall–Kier alpha value is -2.34. The van der Waals surface area contributed by atoms with Crippen molar-refractivity contribution in [3.05, 3.63) is 35.0 Å². The van der Waals surface area contributed by atoms with E-state index in [1.807, 2.05) is 18.2 Å². The maximum Gasteiger partial charge on any atom is 0.328 e. The molecule has 1 atom stereocenters. The van der Waals surface area contributed by atoms with E-state index < -0.39 is 17.4 Å². The van der Waals surface area contributed by atoms with Crippen LogP contribution in [-0.2, 0) is 20.9 Å². The Morgan fingerprint density at radius 1 is 1.27 bits per heavy atom. The summed E-state index contributed by atoms with van der Waals surface area (Å²) in [5.41, 5.74) is 0.698. The first-order chi connectivity index (χ1) is 12.1.